The number of amides is 1. The molecular formula is C23H29N3O4. The molecule has 1 aliphatic heterocycles. The Morgan fingerprint density at radius 1 is 1.17 bits per heavy atom. The van der Waals surface area contributed by atoms with Crippen molar-refractivity contribution in [1.82, 2.24) is 15.1 Å². The van der Waals surface area contributed by atoms with Crippen LogP contribution in [-0.2, 0) is 16.0 Å². The molecule has 2 aromatic rings. The molecule has 0 spiro atoms. The predicted octanol–water partition coefficient (Wildman–Crippen LogP) is 4.26. The molecule has 7 heteroatoms. The van der Waals surface area contributed by atoms with E-state index in [1.807, 2.05) is 57.2 Å². The van der Waals surface area contributed by atoms with Gasteiger partial charge in [-0.05, 0) is 51.7 Å². The smallest absolute Gasteiger partial charge is 0.410 e. The molecule has 1 fully saturated rings. The molecule has 0 radical (unpaired) electrons. The number of hydrogen-bond donors (Lipinski definition) is 2. The number of ether oxygens (including phenoxy) is 1. The maximum Gasteiger partial charge on any atom is 0.410 e. The van der Waals surface area contributed by atoms with Crippen molar-refractivity contribution in [2.24, 2.45) is 0 Å². The summed E-state index contributed by atoms with van der Waals surface area (Å²) in [7, 11) is 0. The molecule has 1 aromatic heterocycles. The molecular weight excluding hydrogens is 382 g/mol. The Morgan fingerprint density at radius 3 is 2.43 bits per heavy atom. The predicted molar refractivity (Wildman–Crippen MR) is 114 cm³/mol. The van der Waals surface area contributed by atoms with E-state index in [-0.39, 0.29) is 12.5 Å². The van der Waals surface area contributed by atoms with Crippen molar-refractivity contribution < 1.29 is 19.4 Å². The van der Waals surface area contributed by atoms with Gasteiger partial charge in [0.2, 0.25) is 0 Å². The number of benzene rings is 1. The lowest BCUT2D eigenvalue weighted by Crippen LogP contribution is -2.40. The summed E-state index contributed by atoms with van der Waals surface area (Å²) in [5.74, 6) is -0.831. The molecule has 3 rings (SSSR count). The first kappa shape index (κ1) is 21.6. The first-order chi connectivity index (χ1) is 14.2. The fourth-order valence-corrected chi connectivity index (χ4v) is 3.53. The largest absolute Gasteiger partial charge is 0.481 e. The van der Waals surface area contributed by atoms with Crippen LogP contribution in [0.15, 0.2) is 42.0 Å². The van der Waals surface area contributed by atoms with Crippen LogP contribution in [0, 0.1) is 0 Å². The highest BCUT2D eigenvalue weighted by molar-refractivity contribution is 5.81. The second-order valence-corrected chi connectivity index (χ2v) is 8.48. The Bertz CT molecular complexity index is 915. The van der Waals surface area contributed by atoms with E-state index in [4.69, 9.17) is 9.84 Å². The molecule has 0 bridgehead atoms. The van der Waals surface area contributed by atoms with Crippen LogP contribution in [0.1, 0.15) is 57.0 Å². The van der Waals surface area contributed by atoms with Crippen LogP contribution in [0.25, 0.3) is 5.57 Å². The van der Waals surface area contributed by atoms with Crippen molar-refractivity contribution in [3.05, 3.63) is 58.9 Å². The summed E-state index contributed by atoms with van der Waals surface area (Å²) < 4.78 is 5.50. The maximum absolute atomic E-state index is 12.4. The number of hydrogen-bond acceptors (Lipinski definition) is 4. The summed E-state index contributed by atoms with van der Waals surface area (Å²) in [6.45, 7) is 6.79. The lowest BCUT2D eigenvalue weighted by molar-refractivity contribution is -0.136. The zero-order valence-corrected chi connectivity index (χ0v) is 17.8. The summed E-state index contributed by atoms with van der Waals surface area (Å²) in [6, 6.07) is 12.0. The van der Waals surface area contributed by atoms with Crippen LogP contribution >= 0.6 is 0 Å². The van der Waals surface area contributed by atoms with Crippen molar-refractivity contribution in [1.29, 1.82) is 0 Å². The van der Waals surface area contributed by atoms with Crippen LogP contribution in [-0.4, -0.2) is 51.0 Å². The number of nitrogens with zero attached hydrogens (tertiary/aromatic N) is 2. The van der Waals surface area contributed by atoms with Gasteiger partial charge in [0.25, 0.3) is 0 Å². The number of likely N-dealkylation sites (tertiary alicyclic amines) is 1. The molecule has 160 valence electrons. The standard InChI is InChI=1S/C23H29N3O4/c1-23(2,3)30-22(29)26-13-11-17(12-14-26)21(16-7-5-4-6-8-16)19-15-18(24-25-19)9-10-20(27)28/h4-8,15H,9-14H2,1-3H3,(H,24,25)(H,27,28). The zero-order valence-electron chi connectivity index (χ0n) is 17.8. The zero-order chi connectivity index (χ0) is 21.7. The Morgan fingerprint density at radius 2 is 1.83 bits per heavy atom. The molecule has 30 heavy (non-hydrogen) atoms. The minimum Gasteiger partial charge on any atom is -0.481 e. The van der Waals surface area contributed by atoms with E-state index in [9.17, 15) is 9.59 Å². The molecule has 1 aromatic carbocycles. The van der Waals surface area contributed by atoms with Gasteiger partial charge < -0.3 is 14.7 Å². The van der Waals surface area contributed by atoms with Gasteiger partial charge in [-0.15, -0.1) is 0 Å². The Hall–Kier alpha value is -3.09. The van der Waals surface area contributed by atoms with Crippen LogP contribution in [0.4, 0.5) is 4.79 Å². The number of piperidine rings is 1. The van der Waals surface area contributed by atoms with Crippen LogP contribution in [0.5, 0.6) is 0 Å². The Balaban J connectivity index is 1.83. The number of carbonyl (C=O) groups is 2. The average Bonchev–Trinajstić information content (AvgIpc) is 3.15. The third-order valence-corrected chi connectivity index (χ3v) is 4.93. The molecule has 1 amide bonds. The normalized spacial score (nSPS) is 14.5. The SMILES string of the molecule is CC(C)(C)OC(=O)N1CCC(=C(c2ccccc2)c2cc(CCC(=O)O)[nH]n2)CC1. The van der Waals surface area contributed by atoms with Gasteiger partial charge in [0.05, 0.1) is 12.1 Å². The number of aliphatic carboxylic acids is 1. The van der Waals surface area contributed by atoms with Gasteiger partial charge in [0, 0.05) is 24.4 Å². The van der Waals surface area contributed by atoms with Gasteiger partial charge in [0.1, 0.15) is 5.60 Å². The van der Waals surface area contributed by atoms with Crippen molar-refractivity contribution >= 4 is 17.6 Å². The molecule has 1 saturated heterocycles. The highest BCUT2D eigenvalue weighted by Crippen LogP contribution is 2.32. The number of aryl methyl sites for hydroxylation is 1. The molecule has 2 heterocycles. The highest BCUT2D eigenvalue weighted by Gasteiger charge is 2.26. The molecule has 2 N–H and O–H groups in total. The first-order valence-electron chi connectivity index (χ1n) is 10.2. The van der Waals surface area contributed by atoms with Gasteiger partial charge in [-0.1, -0.05) is 35.9 Å². The molecule has 7 nitrogen and oxygen atoms in total. The fraction of sp³-hybridized carbons (Fsp3) is 0.435. The van der Waals surface area contributed by atoms with Gasteiger partial charge in [-0.3, -0.25) is 9.89 Å². The third kappa shape index (κ3) is 5.72. The maximum atomic E-state index is 12.4. The molecule has 0 aliphatic carbocycles. The van der Waals surface area contributed by atoms with E-state index in [0.29, 0.717) is 19.5 Å². The van der Waals surface area contributed by atoms with Crippen molar-refractivity contribution in [3.8, 4) is 0 Å². The number of aromatic amines is 1. The highest BCUT2D eigenvalue weighted by atomic mass is 16.6. The van der Waals surface area contributed by atoms with Crippen LogP contribution < -0.4 is 0 Å². The Labute approximate surface area is 176 Å². The lowest BCUT2D eigenvalue weighted by Gasteiger charge is -2.31. The number of nitrogens with one attached hydrogen (secondary N) is 1. The number of rotatable bonds is 5. The van der Waals surface area contributed by atoms with E-state index >= 15 is 0 Å². The summed E-state index contributed by atoms with van der Waals surface area (Å²) in [6.07, 6.45) is 1.66. The number of carboxylic acids is 1. The van der Waals surface area contributed by atoms with Gasteiger partial charge in [-0.25, -0.2) is 4.79 Å². The van der Waals surface area contributed by atoms with E-state index in [2.05, 4.69) is 10.2 Å². The van der Waals surface area contributed by atoms with E-state index in [1.54, 1.807) is 4.90 Å². The van der Waals surface area contributed by atoms with Gasteiger partial charge in [-0.2, -0.15) is 5.10 Å². The molecule has 0 atom stereocenters. The number of aromatic nitrogens is 2. The molecule has 1 aliphatic rings. The van der Waals surface area contributed by atoms with Crippen LogP contribution in [0.2, 0.25) is 0 Å². The quantitative estimate of drug-likeness (QED) is 0.766. The van der Waals surface area contributed by atoms with E-state index < -0.39 is 11.6 Å². The summed E-state index contributed by atoms with van der Waals surface area (Å²) in [5, 5.41) is 16.4. The van der Waals surface area contributed by atoms with E-state index in [1.165, 1.54) is 5.57 Å². The second-order valence-electron chi connectivity index (χ2n) is 8.48. The summed E-state index contributed by atoms with van der Waals surface area (Å²) >= 11 is 0. The monoisotopic (exact) mass is 411 g/mol. The number of carboxylic acid groups (broad SMARTS) is 1. The fourth-order valence-electron chi connectivity index (χ4n) is 3.53. The Kier molecular flexibility index (Phi) is 6.59. The van der Waals surface area contributed by atoms with Crippen LogP contribution in [0.3, 0.4) is 0 Å². The van der Waals surface area contributed by atoms with E-state index in [0.717, 1.165) is 35.4 Å². The summed E-state index contributed by atoms with van der Waals surface area (Å²) in [4.78, 5) is 25.0. The average molecular weight is 412 g/mol. The van der Waals surface area contributed by atoms with Gasteiger partial charge >= 0.3 is 12.1 Å². The minimum absolute atomic E-state index is 0.0592. The molecule has 0 saturated carbocycles. The minimum atomic E-state index is -0.831. The van der Waals surface area contributed by atoms with Crippen molar-refractivity contribution in [2.75, 3.05) is 13.1 Å². The third-order valence-electron chi connectivity index (χ3n) is 4.93. The number of carbonyl (C=O) groups excluding carboxylic acids is 1. The lowest BCUT2D eigenvalue weighted by atomic mass is 9.91. The van der Waals surface area contributed by atoms with Crippen molar-refractivity contribution in [2.45, 2.75) is 52.1 Å². The van der Waals surface area contributed by atoms with Crippen molar-refractivity contribution in [3.63, 3.8) is 0 Å². The molecule has 0 unspecified atom stereocenters. The topological polar surface area (TPSA) is 95.5 Å². The first-order valence-corrected chi connectivity index (χ1v) is 10.2. The second kappa shape index (κ2) is 9.15. The summed E-state index contributed by atoms with van der Waals surface area (Å²) in [5.41, 5.74) is 4.45. The van der Waals surface area contributed by atoms with Gasteiger partial charge in [0.15, 0.2) is 0 Å². The number of H-pyrrole nitrogens is 1.